The summed E-state index contributed by atoms with van der Waals surface area (Å²) in [6.07, 6.45) is 3.20. The number of rotatable bonds is 2. The molecule has 0 saturated carbocycles. The van der Waals surface area contributed by atoms with E-state index in [9.17, 15) is 4.57 Å². The van der Waals surface area contributed by atoms with Gasteiger partial charge < -0.3 is 9.05 Å². The van der Waals surface area contributed by atoms with Gasteiger partial charge in [0.25, 0.3) is 0 Å². The first kappa shape index (κ1) is 11.3. The summed E-state index contributed by atoms with van der Waals surface area (Å²) in [5, 5.41) is 2.78. The van der Waals surface area contributed by atoms with Gasteiger partial charge in [0.2, 0.25) is 0 Å². The molecule has 1 N–H and O–H groups in total. The molecule has 6 heteroatoms. The highest BCUT2D eigenvalue weighted by Gasteiger charge is 2.33. The minimum Gasteiger partial charge on any atom is -0.405 e. The molecule has 1 aliphatic rings. The van der Waals surface area contributed by atoms with Crippen LogP contribution >= 0.6 is 7.75 Å². The Hall–Kier alpha value is -1.84. The second-order valence-corrected chi connectivity index (χ2v) is 5.49. The van der Waals surface area contributed by atoms with Crippen LogP contribution in [0, 0.1) is 0 Å². The van der Waals surface area contributed by atoms with E-state index in [4.69, 9.17) is 9.05 Å². The maximum absolute atomic E-state index is 12.4. The minimum atomic E-state index is -3.36. The fourth-order valence-electron chi connectivity index (χ4n) is 1.65. The van der Waals surface area contributed by atoms with Gasteiger partial charge in [-0.15, -0.1) is 0 Å². The molecule has 1 atom stereocenters. The third-order valence-corrected chi connectivity index (χ3v) is 3.95. The van der Waals surface area contributed by atoms with Gasteiger partial charge in [0.1, 0.15) is 5.75 Å². The summed E-state index contributed by atoms with van der Waals surface area (Å²) in [7, 11) is -3.36. The Morgan fingerprint density at radius 1 is 1.28 bits per heavy atom. The topological polar surface area (TPSA) is 60.5 Å². The molecular weight excluding hydrogens is 251 g/mol. The van der Waals surface area contributed by atoms with Crippen LogP contribution in [0.5, 0.6) is 11.5 Å². The van der Waals surface area contributed by atoms with Gasteiger partial charge >= 0.3 is 7.75 Å². The molecule has 0 aliphatic carbocycles. The predicted octanol–water partition coefficient (Wildman–Crippen LogP) is 2.75. The third kappa shape index (κ3) is 2.23. The molecule has 2 heterocycles. The van der Waals surface area contributed by atoms with Crippen LogP contribution < -0.4 is 14.1 Å². The maximum Gasteiger partial charge on any atom is 0.513 e. The number of para-hydroxylation sites is 1. The number of fused-ring (bicyclic) bond motifs is 1. The average molecular weight is 262 g/mol. The van der Waals surface area contributed by atoms with Crippen LogP contribution in [0.15, 0.2) is 48.8 Å². The van der Waals surface area contributed by atoms with Crippen LogP contribution in [-0.2, 0) is 11.1 Å². The summed E-state index contributed by atoms with van der Waals surface area (Å²) in [5.41, 5.74) is 0.910. The van der Waals surface area contributed by atoms with Crippen molar-refractivity contribution in [1.82, 2.24) is 10.1 Å². The lowest BCUT2D eigenvalue weighted by molar-refractivity contribution is 0.357. The lowest BCUT2D eigenvalue weighted by Gasteiger charge is -2.25. The van der Waals surface area contributed by atoms with Gasteiger partial charge in [0.05, 0.1) is 6.20 Å². The Morgan fingerprint density at radius 3 is 2.94 bits per heavy atom. The maximum atomic E-state index is 12.4. The number of hydrogen-bond acceptors (Lipinski definition) is 4. The van der Waals surface area contributed by atoms with Gasteiger partial charge in [-0.05, 0) is 18.2 Å². The van der Waals surface area contributed by atoms with Gasteiger partial charge in [0.15, 0.2) is 5.75 Å². The highest BCUT2D eigenvalue weighted by atomic mass is 31.2. The zero-order valence-corrected chi connectivity index (χ0v) is 10.3. The monoisotopic (exact) mass is 262 g/mol. The molecule has 0 spiro atoms. The standard InChI is InChI=1S/C12H11N2O3P/c15-18(16-11-4-2-1-3-5-11)14-8-10-6-7-13-9-12(10)17-18/h1-7,9H,8H2,(H,14,15). The Morgan fingerprint density at radius 2 is 2.11 bits per heavy atom. The van der Waals surface area contributed by atoms with Crippen LogP contribution in [0.4, 0.5) is 0 Å². The number of aromatic nitrogens is 1. The van der Waals surface area contributed by atoms with E-state index in [-0.39, 0.29) is 0 Å². The van der Waals surface area contributed by atoms with E-state index in [1.54, 1.807) is 30.5 Å². The molecule has 2 aromatic rings. The third-order valence-electron chi connectivity index (χ3n) is 2.52. The first-order valence-corrected chi connectivity index (χ1v) is 7.02. The van der Waals surface area contributed by atoms with Crippen molar-refractivity contribution in [2.24, 2.45) is 0 Å². The van der Waals surface area contributed by atoms with E-state index < -0.39 is 7.75 Å². The first-order chi connectivity index (χ1) is 8.75. The Bertz CT molecular complexity index is 603. The second-order valence-electron chi connectivity index (χ2n) is 3.81. The summed E-state index contributed by atoms with van der Waals surface area (Å²) in [6, 6.07) is 10.7. The van der Waals surface area contributed by atoms with Crippen LogP contribution in [0.2, 0.25) is 0 Å². The molecule has 18 heavy (non-hydrogen) atoms. The molecule has 3 rings (SSSR count). The Kier molecular flexibility index (Phi) is 2.78. The van der Waals surface area contributed by atoms with Gasteiger partial charge in [-0.1, -0.05) is 18.2 Å². The second kappa shape index (κ2) is 4.44. The van der Waals surface area contributed by atoms with E-state index in [0.717, 1.165) is 5.56 Å². The molecule has 1 aromatic carbocycles. The molecule has 1 aliphatic heterocycles. The zero-order valence-electron chi connectivity index (χ0n) is 9.45. The molecule has 0 saturated heterocycles. The summed E-state index contributed by atoms with van der Waals surface area (Å²) in [5.74, 6) is 0.996. The van der Waals surface area contributed by atoms with E-state index in [1.807, 2.05) is 12.1 Å². The van der Waals surface area contributed by atoms with Crippen molar-refractivity contribution in [3.8, 4) is 11.5 Å². The summed E-state index contributed by atoms with van der Waals surface area (Å²) >= 11 is 0. The van der Waals surface area contributed by atoms with Crippen molar-refractivity contribution < 1.29 is 13.6 Å². The van der Waals surface area contributed by atoms with Gasteiger partial charge in [-0.2, -0.15) is 5.09 Å². The van der Waals surface area contributed by atoms with Crippen molar-refractivity contribution in [3.05, 3.63) is 54.4 Å². The van der Waals surface area contributed by atoms with Gasteiger partial charge in [-0.25, -0.2) is 4.57 Å². The van der Waals surface area contributed by atoms with Crippen LogP contribution in [0.25, 0.3) is 0 Å². The molecular formula is C12H11N2O3P. The molecule has 0 amide bonds. The predicted molar refractivity (Wildman–Crippen MR) is 66.4 cm³/mol. The fraction of sp³-hybridized carbons (Fsp3) is 0.0833. The number of nitrogens with one attached hydrogen (secondary N) is 1. The number of pyridine rings is 1. The van der Waals surface area contributed by atoms with Crippen molar-refractivity contribution in [2.45, 2.75) is 6.54 Å². The summed E-state index contributed by atoms with van der Waals surface area (Å²) < 4.78 is 23.2. The van der Waals surface area contributed by atoms with E-state index in [0.29, 0.717) is 18.0 Å². The van der Waals surface area contributed by atoms with Crippen LogP contribution in [-0.4, -0.2) is 4.98 Å². The number of hydrogen-bond donors (Lipinski definition) is 1. The highest BCUT2D eigenvalue weighted by molar-refractivity contribution is 7.52. The molecule has 0 bridgehead atoms. The van der Waals surface area contributed by atoms with Crippen LogP contribution in [0.3, 0.4) is 0 Å². The lowest BCUT2D eigenvalue weighted by atomic mass is 10.2. The van der Waals surface area contributed by atoms with E-state index in [2.05, 4.69) is 10.1 Å². The molecule has 0 fully saturated rings. The number of benzene rings is 1. The average Bonchev–Trinajstić information content (AvgIpc) is 2.39. The first-order valence-electron chi connectivity index (χ1n) is 5.47. The quantitative estimate of drug-likeness (QED) is 0.843. The largest absolute Gasteiger partial charge is 0.513 e. The molecule has 1 unspecified atom stereocenters. The minimum absolute atomic E-state index is 0.433. The van der Waals surface area contributed by atoms with Gasteiger partial charge in [-0.3, -0.25) is 4.98 Å². The van der Waals surface area contributed by atoms with Crippen LogP contribution in [0.1, 0.15) is 5.56 Å². The number of nitrogens with zero attached hydrogens (tertiary/aromatic N) is 1. The molecule has 5 nitrogen and oxygen atoms in total. The Balaban J connectivity index is 1.84. The Labute approximate surface area is 104 Å². The van der Waals surface area contributed by atoms with Crippen molar-refractivity contribution in [1.29, 1.82) is 0 Å². The van der Waals surface area contributed by atoms with Crippen molar-refractivity contribution in [3.63, 3.8) is 0 Å². The lowest BCUT2D eigenvalue weighted by Crippen LogP contribution is -2.23. The van der Waals surface area contributed by atoms with E-state index >= 15 is 0 Å². The van der Waals surface area contributed by atoms with Crippen molar-refractivity contribution >= 4 is 7.75 Å². The molecule has 0 radical (unpaired) electrons. The SMILES string of the molecule is O=P1(Oc2ccccc2)NCc2ccncc2O1. The molecule has 1 aromatic heterocycles. The molecule has 92 valence electrons. The normalized spacial score (nSPS) is 21.8. The highest BCUT2D eigenvalue weighted by Crippen LogP contribution is 2.48. The summed E-state index contributed by atoms with van der Waals surface area (Å²) in [4.78, 5) is 3.94. The summed E-state index contributed by atoms with van der Waals surface area (Å²) in [6.45, 7) is 0.433. The smallest absolute Gasteiger partial charge is 0.405 e. The fourth-order valence-corrected chi connectivity index (χ4v) is 3.00. The van der Waals surface area contributed by atoms with Crippen molar-refractivity contribution in [2.75, 3.05) is 0 Å². The van der Waals surface area contributed by atoms with Gasteiger partial charge in [0, 0.05) is 18.3 Å². The zero-order chi connectivity index (χ0) is 12.4. The van der Waals surface area contributed by atoms with E-state index in [1.165, 1.54) is 6.20 Å².